The van der Waals surface area contributed by atoms with E-state index in [9.17, 15) is 19.1 Å². The number of rotatable bonds is 8. The molecule has 0 aliphatic carbocycles. The largest absolute Gasteiger partial charge is 0.476 e. The molecule has 1 aromatic carbocycles. The van der Waals surface area contributed by atoms with Crippen LogP contribution in [-0.4, -0.2) is 50.2 Å². The van der Waals surface area contributed by atoms with E-state index in [1.807, 2.05) is 20.8 Å². The quantitative estimate of drug-likeness (QED) is 0.518. The summed E-state index contributed by atoms with van der Waals surface area (Å²) in [4.78, 5) is 28.5. The number of carboxylic acid groups (broad SMARTS) is 1. The first-order valence-corrected chi connectivity index (χ1v) is 11.6. The molecular weight excluding hydrogens is 455 g/mol. The van der Waals surface area contributed by atoms with Crippen molar-refractivity contribution in [2.75, 3.05) is 0 Å². The topological polar surface area (TPSA) is 99.9 Å². The van der Waals surface area contributed by atoms with Crippen molar-refractivity contribution >= 4 is 18.0 Å². The number of ether oxygens (including phenoxy) is 3. The van der Waals surface area contributed by atoms with Crippen LogP contribution < -0.4 is 0 Å². The van der Waals surface area contributed by atoms with Crippen LogP contribution in [0.5, 0.6) is 0 Å². The number of halogens is 1. The lowest BCUT2D eigenvalue weighted by Crippen LogP contribution is -2.46. The van der Waals surface area contributed by atoms with Crippen LogP contribution in [0.25, 0.3) is 17.5 Å². The van der Waals surface area contributed by atoms with Gasteiger partial charge in [-0.05, 0) is 71.4 Å². The molecule has 1 fully saturated rings. The van der Waals surface area contributed by atoms with E-state index in [0.717, 1.165) is 0 Å². The van der Waals surface area contributed by atoms with Crippen molar-refractivity contribution in [3.8, 4) is 11.4 Å². The maximum atomic E-state index is 13.5. The lowest BCUT2D eigenvalue weighted by atomic mass is 10.0. The number of nitrogens with zero attached hydrogens (tertiary/aromatic N) is 2. The number of hydrogen-bond donors (Lipinski definition) is 1. The Kier molecular flexibility index (Phi) is 7.81. The van der Waals surface area contributed by atoms with Crippen molar-refractivity contribution in [3.63, 3.8) is 0 Å². The summed E-state index contributed by atoms with van der Waals surface area (Å²) in [5, 5.41) is 9.64. The molecule has 1 N–H and O–H groups in total. The van der Waals surface area contributed by atoms with Gasteiger partial charge in [0.2, 0.25) is 0 Å². The van der Waals surface area contributed by atoms with Crippen molar-refractivity contribution in [2.45, 2.75) is 84.0 Å². The van der Waals surface area contributed by atoms with Gasteiger partial charge in [0.15, 0.2) is 11.5 Å². The summed E-state index contributed by atoms with van der Waals surface area (Å²) in [7, 11) is 0. The smallest absolute Gasteiger partial charge is 0.356 e. The Hall–Kier alpha value is -3.04. The Morgan fingerprint density at radius 1 is 1.26 bits per heavy atom. The van der Waals surface area contributed by atoms with Gasteiger partial charge < -0.3 is 23.9 Å². The molecule has 0 saturated carbocycles. The van der Waals surface area contributed by atoms with Gasteiger partial charge in [0.1, 0.15) is 17.2 Å². The Bertz CT molecular complexity index is 1080. The predicted octanol–water partition coefficient (Wildman–Crippen LogP) is 5.06. The number of aromatic nitrogens is 2. The zero-order valence-corrected chi connectivity index (χ0v) is 20.8. The third-order valence-electron chi connectivity index (χ3n) is 5.42. The fourth-order valence-corrected chi connectivity index (χ4v) is 4.24. The number of aromatic carboxylic acids is 1. The molecule has 1 aromatic heterocycles. The molecule has 2 unspecified atom stereocenters. The standard InChI is InChI=1S/C26H33FN2O6/c1-7-20-22(24(31)32)28-23(16-8-10-17(27)11-9-16)29(20)13-12-18-14-19(34-26(5,6)33-18)15-21(30)35-25(2,3)4/h7-11,18-19H,1,12-15H2,2-6H3,(H,31,32). The van der Waals surface area contributed by atoms with Crippen molar-refractivity contribution in [1.29, 1.82) is 0 Å². The van der Waals surface area contributed by atoms with Crippen LogP contribution in [0.1, 0.15) is 70.1 Å². The van der Waals surface area contributed by atoms with Gasteiger partial charge in [0, 0.05) is 18.5 Å². The number of hydrogen-bond acceptors (Lipinski definition) is 6. The minimum atomic E-state index is -1.18. The highest BCUT2D eigenvalue weighted by atomic mass is 19.1. The zero-order valence-electron chi connectivity index (χ0n) is 20.8. The van der Waals surface area contributed by atoms with Gasteiger partial charge >= 0.3 is 11.9 Å². The van der Waals surface area contributed by atoms with Gasteiger partial charge in [-0.3, -0.25) is 4.79 Å². The number of carboxylic acids is 1. The van der Waals surface area contributed by atoms with E-state index < -0.39 is 23.2 Å². The summed E-state index contributed by atoms with van der Waals surface area (Å²) >= 11 is 0. The van der Waals surface area contributed by atoms with Crippen LogP contribution in [0.15, 0.2) is 30.8 Å². The van der Waals surface area contributed by atoms with E-state index in [1.165, 1.54) is 18.2 Å². The minimum Gasteiger partial charge on any atom is -0.476 e. The lowest BCUT2D eigenvalue weighted by Gasteiger charge is -2.41. The van der Waals surface area contributed by atoms with E-state index in [0.29, 0.717) is 36.5 Å². The van der Waals surface area contributed by atoms with Crippen LogP contribution in [0.2, 0.25) is 0 Å². The number of carbonyl (C=O) groups is 2. The molecule has 0 spiro atoms. The van der Waals surface area contributed by atoms with Gasteiger partial charge in [-0.1, -0.05) is 6.58 Å². The average molecular weight is 489 g/mol. The van der Waals surface area contributed by atoms with Gasteiger partial charge in [-0.25, -0.2) is 14.2 Å². The summed E-state index contributed by atoms with van der Waals surface area (Å²) in [6.45, 7) is 13.2. The van der Waals surface area contributed by atoms with Crippen LogP contribution in [0.3, 0.4) is 0 Å². The molecular formula is C26H33FN2O6. The normalized spacial score (nSPS) is 19.8. The van der Waals surface area contributed by atoms with Crippen molar-refractivity contribution in [1.82, 2.24) is 9.55 Å². The van der Waals surface area contributed by atoms with Gasteiger partial charge in [0.05, 0.1) is 24.3 Å². The molecule has 1 aliphatic rings. The number of benzene rings is 1. The molecule has 2 heterocycles. The SMILES string of the molecule is C=Cc1c(C(=O)O)nc(-c2ccc(F)cc2)n1CCC1CC(CC(=O)OC(C)(C)C)OC(C)(C)O1. The molecule has 9 heteroatoms. The van der Waals surface area contributed by atoms with Crippen LogP contribution in [0.4, 0.5) is 4.39 Å². The second kappa shape index (κ2) is 10.3. The van der Waals surface area contributed by atoms with Crippen molar-refractivity contribution in [3.05, 3.63) is 48.0 Å². The Morgan fingerprint density at radius 3 is 2.46 bits per heavy atom. The van der Waals surface area contributed by atoms with E-state index in [2.05, 4.69) is 11.6 Å². The third kappa shape index (κ3) is 6.99. The summed E-state index contributed by atoms with van der Waals surface area (Å²) in [6.07, 6.45) is 1.88. The average Bonchev–Trinajstić information content (AvgIpc) is 3.09. The van der Waals surface area contributed by atoms with Gasteiger partial charge in [-0.15, -0.1) is 0 Å². The highest BCUT2D eigenvalue weighted by molar-refractivity contribution is 5.90. The molecule has 0 amide bonds. The Morgan fingerprint density at radius 2 is 1.89 bits per heavy atom. The molecule has 1 aliphatic heterocycles. The fourth-order valence-electron chi connectivity index (χ4n) is 4.24. The molecule has 1 saturated heterocycles. The van der Waals surface area contributed by atoms with Crippen LogP contribution in [0, 0.1) is 5.82 Å². The van der Waals surface area contributed by atoms with Crippen LogP contribution >= 0.6 is 0 Å². The summed E-state index contributed by atoms with van der Waals surface area (Å²) in [5.74, 6) is -2.43. The highest BCUT2D eigenvalue weighted by Gasteiger charge is 2.37. The van der Waals surface area contributed by atoms with Crippen molar-refractivity contribution < 1.29 is 33.3 Å². The second-order valence-corrected chi connectivity index (χ2v) is 10.0. The third-order valence-corrected chi connectivity index (χ3v) is 5.42. The fraction of sp³-hybridized carbons (Fsp3) is 0.500. The molecule has 3 rings (SSSR count). The molecule has 190 valence electrons. The predicted molar refractivity (Wildman–Crippen MR) is 128 cm³/mol. The van der Waals surface area contributed by atoms with Gasteiger partial charge in [-0.2, -0.15) is 0 Å². The highest BCUT2D eigenvalue weighted by Crippen LogP contribution is 2.32. The molecule has 2 aromatic rings. The number of carbonyl (C=O) groups excluding carboxylic acids is 1. The Balaban J connectivity index is 1.82. The lowest BCUT2D eigenvalue weighted by molar-refractivity contribution is -0.301. The van der Waals surface area contributed by atoms with Gasteiger partial charge in [0.25, 0.3) is 0 Å². The zero-order chi connectivity index (χ0) is 26.0. The first kappa shape index (κ1) is 26.6. The summed E-state index contributed by atoms with van der Waals surface area (Å²) < 4.78 is 32.7. The van der Waals surface area contributed by atoms with E-state index >= 15 is 0 Å². The molecule has 8 nitrogen and oxygen atoms in total. The monoisotopic (exact) mass is 488 g/mol. The van der Waals surface area contributed by atoms with E-state index in [4.69, 9.17) is 14.2 Å². The molecule has 35 heavy (non-hydrogen) atoms. The molecule has 2 atom stereocenters. The summed E-state index contributed by atoms with van der Waals surface area (Å²) in [6, 6.07) is 5.71. The number of esters is 1. The minimum absolute atomic E-state index is 0.105. The summed E-state index contributed by atoms with van der Waals surface area (Å²) in [5.41, 5.74) is 0.222. The second-order valence-electron chi connectivity index (χ2n) is 10.0. The first-order valence-electron chi connectivity index (χ1n) is 11.6. The van der Waals surface area contributed by atoms with Crippen LogP contribution in [-0.2, 0) is 25.5 Å². The van der Waals surface area contributed by atoms with Crippen molar-refractivity contribution in [2.24, 2.45) is 0 Å². The number of imidazole rings is 1. The molecule has 0 radical (unpaired) electrons. The maximum absolute atomic E-state index is 13.5. The Labute approximate surface area is 204 Å². The molecule has 0 bridgehead atoms. The first-order chi connectivity index (χ1) is 16.3. The van der Waals surface area contributed by atoms with E-state index in [1.54, 1.807) is 30.5 Å². The van der Waals surface area contributed by atoms with E-state index in [-0.39, 0.29) is 30.3 Å². The maximum Gasteiger partial charge on any atom is 0.356 e.